The van der Waals surface area contributed by atoms with Crippen molar-refractivity contribution < 1.29 is 36.3 Å². The van der Waals surface area contributed by atoms with Crippen molar-refractivity contribution in [2.75, 3.05) is 18.9 Å². The molecular formula is C22H25F2N9O8P2S2. The third-order valence-corrected chi connectivity index (χ3v) is 10.9. The summed E-state index contributed by atoms with van der Waals surface area (Å²) in [6.45, 7) is -7.51. The van der Waals surface area contributed by atoms with Crippen LogP contribution in [0.5, 0.6) is 0 Å². The number of H-pyrrole nitrogens is 2. The molecule has 4 N–H and O–H groups in total. The van der Waals surface area contributed by atoms with Gasteiger partial charge in [-0.2, -0.15) is 4.98 Å². The zero-order valence-corrected chi connectivity index (χ0v) is 26.3. The molecule has 0 bridgehead atoms. The van der Waals surface area contributed by atoms with E-state index in [1.54, 1.807) is 0 Å². The van der Waals surface area contributed by atoms with E-state index in [0.717, 1.165) is 6.33 Å². The number of ether oxygens (including phenoxy) is 2. The first-order valence-corrected chi connectivity index (χ1v) is 19.0. The summed E-state index contributed by atoms with van der Waals surface area (Å²) in [4.78, 5) is 45.3. The minimum Gasteiger partial charge on any atom is -0.369 e. The molecule has 0 saturated carbocycles. The Morgan fingerprint density at radius 1 is 0.867 bits per heavy atom. The summed E-state index contributed by atoms with van der Waals surface area (Å²) >= 11 is 8.89. The Morgan fingerprint density at radius 3 is 1.93 bits per heavy atom. The van der Waals surface area contributed by atoms with Crippen molar-refractivity contribution in [3.8, 4) is 0 Å². The number of aromatic nitrogens is 8. The summed E-state index contributed by atoms with van der Waals surface area (Å²) in [7, 11) is 0. The summed E-state index contributed by atoms with van der Waals surface area (Å²) in [6.07, 6.45) is -0.0246. The number of alkyl halides is 2. The summed E-state index contributed by atoms with van der Waals surface area (Å²) in [5.41, 5.74) is 4.53. The standard InChI is InChI=1S/C22H25F2N9O8P2S2/c1-42(44)37-4-9-15(11(24)21(39-9)33-7-29-13-17(33)30-22(25)31-19(13)35)41-43(2,45)36-3-8-14(40-42)10(23)20(38-8)32-6-28-12-16(32)26-5-27-18(12)34/h5-11,14-15,20-21,44-45H,1-4H2,(H,26,27,34)(H3,25,30,31,35)/t8-,9+,10-,11-,14-,15+,20?,21+,42+,43+/m1/s1. The van der Waals surface area contributed by atoms with E-state index in [4.69, 9.17) is 33.3 Å². The molecule has 4 aromatic rings. The number of imidazole rings is 2. The van der Waals surface area contributed by atoms with Crippen LogP contribution >= 0.6 is 37.6 Å². The summed E-state index contributed by atoms with van der Waals surface area (Å²) in [6, 6.07) is 0. The molecule has 17 nitrogen and oxygen atoms in total. The second-order valence-corrected chi connectivity index (χ2v) is 17.5. The minimum atomic E-state index is -3.40. The van der Waals surface area contributed by atoms with Crippen molar-refractivity contribution in [1.29, 1.82) is 0 Å². The lowest BCUT2D eigenvalue weighted by molar-refractivity contribution is -0.0502. The molecule has 0 aliphatic carbocycles. The molecule has 3 aliphatic heterocycles. The Hall–Kier alpha value is -2.58. The third-order valence-electron chi connectivity index (χ3n) is 7.35. The Labute approximate surface area is 261 Å². The molecule has 3 fully saturated rings. The van der Waals surface area contributed by atoms with Crippen LogP contribution in [-0.4, -0.2) is 102 Å². The number of fused-ring (bicyclic) bond motifs is 4. The van der Waals surface area contributed by atoms with Crippen LogP contribution in [-0.2, 0) is 27.6 Å². The molecule has 242 valence electrons. The first kappa shape index (κ1) is 31.0. The number of anilines is 1. The monoisotopic (exact) mass is 707 g/mol. The van der Waals surface area contributed by atoms with E-state index in [9.17, 15) is 9.59 Å². The van der Waals surface area contributed by atoms with E-state index in [2.05, 4.69) is 67.0 Å². The van der Waals surface area contributed by atoms with Crippen molar-refractivity contribution in [3.05, 3.63) is 39.7 Å². The summed E-state index contributed by atoms with van der Waals surface area (Å²) in [5.74, 6) is -0.202. The first-order valence-electron chi connectivity index (χ1n) is 13.1. The molecule has 10 atom stereocenters. The van der Waals surface area contributed by atoms with Crippen molar-refractivity contribution in [3.63, 3.8) is 0 Å². The van der Waals surface area contributed by atoms with Gasteiger partial charge in [-0.05, 0) is 12.6 Å². The minimum absolute atomic E-state index is 0.0142. The van der Waals surface area contributed by atoms with E-state index >= 15 is 8.78 Å². The van der Waals surface area contributed by atoms with Crippen molar-refractivity contribution >= 4 is 78.5 Å². The molecule has 0 radical (unpaired) electrons. The highest BCUT2D eigenvalue weighted by Crippen LogP contribution is 2.60. The maximum atomic E-state index is 16.1. The fourth-order valence-electron chi connectivity index (χ4n) is 5.36. The molecule has 7 rings (SSSR count). The number of rotatable bonds is 2. The lowest BCUT2D eigenvalue weighted by Gasteiger charge is -2.32. The second-order valence-electron chi connectivity index (χ2n) is 10.4. The molecule has 1 unspecified atom stereocenters. The Kier molecular flexibility index (Phi) is 7.79. The van der Waals surface area contributed by atoms with Gasteiger partial charge in [-0.25, -0.2) is 23.7 Å². The lowest BCUT2D eigenvalue weighted by Crippen LogP contribution is -2.36. The average Bonchev–Trinajstić information content (AvgIpc) is 3.72. The lowest BCUT2D eigenvalue weighted by atomic mass is 10.1. The number of thiol groups is 2. The Morgan fingerprint density at radius 2 is 1.38 bits per heavy atom. The van der Waals surface area contributed by atoms with E-state index in [1.165, 1.54) is 21.8 Å². The number of nitrogens with two attached hydrogens (primary N) is 1. The number of hydrogen-bond acceptors (Lipinski definition) is 15. The summed E-state index contributed by atoms with van der Waals surface area (Å²) < 4.78 is 70.4. The van der Waals surface area contributed by atoms with Crippen molar-refractivity contribution in [1.82, 2.24) is 39.0 Å². The zero-order valence-electron chi connectivity index (χ0n) is 22.8. The molecule has 3 aliphatic rings. The van der Waals surface area contributed by atoms with Gasteiger partial charge in [0.05, 0.1) is 32.2 Å². The molecule has 23 heteroatoms. The van der Waals surface area contributed by atoms with Gasteiger partial charge in [0.25, 0.3) is 11.1 Å². The first-order chi connectivity index (χ1) is 21.3. The van der Waals surface area contributed by atoms with E-state index in [0.29, 0.717) is 0 Å². The van der Waals surface area contributed by atoms with Gasteiger partial charge >= 0.3 is 0 Å². The number of aromatic amines is 2. The number of hydrogen-bond donors (Lipinski definition) is 5. The largest absolute Gasteiger partial charge is 0.369 e. The molecule has 0 aromatic carbocycles. The fraction of sp³-hybridized carbons (Fsp3) is 0.455. The maximum Gasteiger partial charge on any atom is 0.280 e. The predicted molar refractivity (Wildman–Crippen MR) is 166 cm³/mol. The van der Waals surface area contributed by atoms with Crippen LogP contribution in [0.1, 0.15) is 12.5 Å². The Balaban J connectivity index is 1.17. The van der Waals surface area contributed by atoms with Crippen molar-refractivity contribution in [2.45, 2.75) is 49.2 Å². The van der Waals surface area contributed by atoms with Gasteiger partial charge in [0.15, 0.2) is 60.2 Å². The SMILES string of the molecule is C=[P@]1(S)OC[C@H]2OC(n3cnc4c(=O)[nH]cnc43)[C@H](F)[C@@H]2O[P@@](=C)(S)OC[C@@H]2O[C@H](n3cnc4c(=O)[nH]c(N)nc43)[C@H](F)[C@H]2O1. The molecule has 4 aromatic heterocycles. The third kappa shape index (κ3) is 5.58. The highest BCUT2D eigenvalue weighted by atomic mass is 32.7. The number of nitrogens with one attached hydrogen (secondary N) is 2. The van der Waals surface area contributed by atoms with Gasteiger partial charge in [0.1, 0.15) is 24.4 Å². The van der Waals surface area contributed by atoms with Gasteiger partial charge < -0.3 is 38.3 Å². The molecule has 3 saturated heterocycles. The second kappa shape index (κ2) is 11.3. The van der Waals surface area contributed by atoms with Crippen LogP contribution in [0.4, 0.5) is 14.7 Å². The van der Waals surface area contributed by atoms with Crippen LogP contribution in [0.25, 0.3) is 22.3 Å². The quantitative estimate of drug-likeness (QED) is 0.148. The molecular weight excluding hydrogens is 682 g/mol. The Bertz CT molecular complexity index is 2010. The van der Waals surface area contributed by atoms with Gasteiger partial charge in [-0.1, -0.05) is 24.5 Å². The highest BCUT2D eigenvalue weighted by Gasteiger charge is 2.52. The topological polar surface area (TPSA) is 209 Å². The van der Waals surface area contributed by atoms with Gasteiger partial charge in [-0.15, -0.1) is 0 Å². The average molecular weight is 708 g/mol. The molecule has 45 heavy (non-hydrogen) atoms. The van der Waals surface area contributed by atoms with Gasteiger partial charge in [0.2, 0.25) is 5.95 Å². The molecule has 0 spiro atoms. The predicted octanol–water partition coefficient (Wildman–Crippen LogP) is 1.37. The number of nitrogen functional groups attached to an aromatic ring is 1. The van der Waals surface area contributed by atoms with Gasteiger partial charge in [-0.3, -0.25) is 23.7 Å². The smallest absolute Gasteiger partial charge is 0.280 e. The van der Waals surface area contributed by atoms with E-state index < -0.39 is 73.4 Å². The molecule has 0 amide bonds. The number of nitrogens with zero attached hydrogens (tertiary/aromatic N) is 6. The van der Waals surface area contributed by atoms with E-state index in [1.807, 2.05) is 0 Å². The maximum absolute atomic E-state index is 16.1. The summed E-state index contributed by atoms with van der Waals surface area (Å²) in [5, 5.41) is 0. The van der Waals surface area contributed by atoms with Crippen LogP contribution in [0.3, 0.4) is 0 Å². The van der Waals surface area contributed by atoms with Crippen LogP contribution in [0.15, 0.2) is 28.6 Å². The van der Waals surface area contributed by atoms with Crippen LogP contribution < -0.4 is 16.9 Å². The zero-order chi connectivity index (χ0) is 31.8. The fourth-order valence-corrected chi connectivity index (χ4v) is 8.56. The van der Waals surface area contributed by atoms with Crippen LogP contribution in [0.2, 0.25) is 0 Å². The van der Waals surface area contributed by atoms with E-state index in [-0.39, 0.29) is 41.5 Å². The highest BCUT2D eigenvalue weighted by molar-refractivity contribution is 8.48. The molecule has 7 heterocycles. The van der Waals surface area contributed by atoms with Crippen LogP contribution in [0, 0.1) is 0 Å². The van der Waals surface area contributed by atoms with Crippen molar-refractivity contribution in [2.24, 2.45) is 0 Å². The number of halogens is 2. The van der Waals surface area contributed by atoms with Gasteiger partial charge in [0, 0.05) is 0 Å². The normalized spacial score (nSPS) is 37.7.